The lowest BCUT2D eigenvalue weighted by Crippen LogP contribution is -2.18. The van der Waals surface area contributed by atoms with E-state index in [1.807, 2.05) is 26.1 Å². The number of hydrogen-bond acceptors (Lipinski definition) is 3. The molecule has 4 heteroatoms. The molecule has 0 aliphatic carbocycles. The largest absolute Gasteiger partial charge is 0.255 e. The van der Waals surface area contributed by atoms with Gasteiger partial charge < -0.3 is 0 Å². The van der Waals surface area contributed by atoms with E-state index in [-0.39, 0.29) is 3.55 Å². The van der Waals surface area contributed by atoms with E-state index in [0.717, 1.165) is 6.54 Å². The third-order valence-corrected chi connectivity index (χ3v) is 1.81. The van der Waals surface area contributed by atoms with E-state index in [0.29, 0.717) is 0 Å². The Hall–Kier alpha value is -0.130. The van der Waals surface area contributed by atoms with Crippen molar-refractivity contribution >= 4 is 22.6 Å². The highest BCUT2D eigenvalue weighted by atomic mass is 127. The van der Waals surface area contributed by atoms with Gasteiger partial charge in [0.15, 0.2) is 3.55 Å². The molecular weight excluding hydrogens is 241 g/mol. The van der Waals surface area contributed by atoms with Crippen LogP contribution in [-0.2, 0) is 0 Å². The van der Waals surface area contributed by atoms with Gasteiger partial charge in [-0.2, -0.15) is 0 Å². The monoisotopic (exact) mass is 251 g/mol. The third kappa shape index (κ3) is 1.93. The van der Waals surface area contributed by atoms with Crippen LogP contribution < -0.4 is 0 Å². The van der Waals surface area contributed by atoms with Crippen LogP contribution in [0.15, 0.2) is 22.6 Å². The molecule has 1 unspecified atom stereocenters. The normalized spacial score (nSPS) is 31.3. The summed E-state index contributed by atoms with van der Waals surface area (Å²) in [5.74, 6) is 0. The summed E-state index contributed by atoms with van der Waals surface area (Å²) in [5.41, 5.74) is 0. The predicted octanol–water partition coefficient (Wildman–Crippen LogP) is 2.35. The standard InChI is InChI=1S/C6H10IN3/c1-3-10-5-4-6(2,7)8-9-10/h4-5H,3H2,1-2H3. The van der Waals surface area contributed by atoms with Gasteiger partial charge in [0, 0.05) is 12.7 Å². The number of alkyl halides is 1. The first-order valence-corrected chi connectivity index (χ1v) is 4.29. The Morgan fingerprint density at radius 2 is 2.40 bits per heavy atom. The van der Waals surface area contributed by atoms with Crippen LogP contribution in [0, 0.1) is 0 Å². The average Bonchev–Trinajstić information content (AvgIpc) is 1.88. The van der Waals surface area contributed by atoms with Gasteiger partial charge in [0.05, 0.1) is 0 Å². The van der Waals surface area contributed by atoms with E-state index in [2.05, 4.69) is 32.9 Å². The fourth-order valence-corrected chi connectivity index (χ4v) is 0.856. The lowest BCUT2D eigenvalue weighted by Gasteiger charge is -2.19. The summed E-state index contributed by atoms with van der Waals surface area (Å²) in [5, 5.41) is 9.84. The van der Waals surface area contributed by atoms with Gasteiger partial charge in [-0.3, -0.25) is 5.01 Å². The zero-order chi connectivity index (χ0) is 7.61. The van der Waals surface area contributed by atoms with Crippen molar-refractivity contribution in [1.29, 1.82) is 0 Å². The zero-order valence-corrected chi connectivity index (χ0v) is 8.24. The van der Waals surface area contributed by atoms with E-state index >= 15 is 0 Å². The van der Waals surface area contributed by atoms with Crippen molar-refractivity contribution in [3.05, 3.63) is 12.3 Å². The number of nitrogens with zero attached hydrogens (tertiary/aromatic N) is 3. The van der Waals surface area contributed by atoms with Crippen molar-refractivity contribution in [3.63, 3.8) is 0 Å². The molecule has 1 rings (SSSR count). The van der Waals surface area contributed by atoms with Crippen molar-refractivity contribution < 1.29 is 0 Å². The second-order valence-corrected chi connectivity index (χ2v) is 4.47. The summed E-state index contributed by atoms with van der Waals surface area (Å²) < 4.78 is -0.135. The van der Waals surface area contributed by atoms with E-state index < -0.39 is 0 Å². The van der Waals surface area contributed by atoms with Gasteiger partial charge in [-0.05, 0) is 42.5 Å². The van der Waals surface area contributed by atoms with Crippen LogP contribution in [0.4, 0.5) is 0 Å². The second-order valence-electron chi connectivity index (χ2n) is 2.28. The summed E-state index contributed by atoms with van der Waals surface area (Å²) in [7, 11) is 0. The topological polar surface area (TPSA) is 28.0 Å². The van der Waals surface area contributed by atoms with E-state index in [1.54, 1.807) is 5.01 Å². The Balaban J connectivity index is 2.62. The Morgan fingerprint density at radius 1 is 1.70 bits per heavy atom. The molecule has 3 nitrogen and oxygen atoms in total. The molecule has 0 fully saturated rings. The second kappa shape index (κ2) is 2.86. The van der Waals surface area contributed by atoms with Gasteiger partial charge in [-0.25, -0.2) is 0 Å². The van der Waals surface area contributed by atoms with Gasteiger partial charge in [0.25, 0.3) is 0 Å². The highest BCUT2D eigenvalue weighted by Gasteiger charge is 2.17. The summed E-state index contributed by atoms with van der Waals surface area (Å²) in [6, 6.07) is 0. The number of rotatable bonds is 1. The molecule has 10 heavy (non-hydrogen) atoms. The molecule has 0 spiro atoms. The quantitative estimate of drug-likeness (QED) is 0.399. The Kier molecular flexibility index (Phi) is 2.28. The van der Waals surface area contributed by atoms with Crippen molar-refractivity contribution in [2.45, 2.75) is 17.4 Å². The molecule has 0 N–H and O–H groups in total. The summed E-state index contributed by atoms with van der Waals surface area (Å²) in [6.45, 7) is 4.94. The average molecular weight is 251 g/mol. The SMILES string of the molecule is CCN1C=CC(C)(I)N=N1. The van der Waals surface area contributed by atoms with Crippen LogP contribution in [0.3, 0.4) is 0 Å². The van der Waals surface area contributed by atoms with Gasteiger partial charge >= 0.3 is 0 Å². The fraction of sp³-hybridized carbons (Fsp3) is 0.667. The zero-order valence-electron chi connectivity index (χ0n) is 6.08. The number of halogens is 1. The molecule has 0 aromatic heterocycles. The maximum absolute atomic E-state index is 4.06. The van der Waals surface area contributed by atoms with Crippen LogP contribution in [0.5, 0.6) is 0 Å². The first-order valence-electron chi connectivity index (χ1n) is 3.22. The van der Waals surface area contributed by atoms with Crippen molar-refractivity contribution in [1.82, 2.24) is 5.01 Å². The lowest BCUT2D eigenvalue weighted by atomic mass is 10.3. The van der Waals surface area contributed by atoms with Crippen molar-refractivity contribution in [2.75, 3.05) is 6.54 Å². The number of hydrogen-bond donors (Lipinski definition) is 0. The molecule has 0 bridgehead atoms. The molecule has 0 saturated carbocycles. The molecule has 0 aromatic carbocycles. The molecule has 0 aromatic rings. The summed E-state index contributed by atoms with van der Waals surface area (Å²) in [4.78, 5) is 0. The van der Waals surface area contributed by atoms with E-state index in [1.165, 1.54) is 0 Å². The van der Waals surface area contributed by atoms with Crippen LogP contribution in [-0.4, -0.2) is 15.1 Å². The first kappa shape index (κ1) is 7.97. The van der Waals surface area contributed by atoms with Crippen LogP contribution >= 0.6 is 22.6 Å². The maximum Gasteiger partial charge on any atom is 0.151 e. The van der Waals surface area contributed by atoms with Crippen LogP contribution in [0.2, 0.25) is 0 Å². The van der Waals surface area contributed by atoms with Crippen molar-refractivity contribution in [3.8, 4) is 0 Å². The van der Waals surface area contributed by atoms with Gasteiger partial charge in [0.1, 0.15) is 0 Å². The fourth-order valence-electron chi connectivity index (χ4n) is 0.599. The van der Waals surface area contributed by atoms with Gasteiger partial charge in [-0.1, -0.05) is 5.22 Å². The van der Waals surface area contributed by atoms with E-state index in [4.69, 9.17) is 0 Å². The highest BCUT2D eigenvalue weighted by molar-refractivity contribution is 14.1. The van der Waals surface area contributed by atoms with Gasteiger partial charge in [0.2, 0.25) is 0 Å². The van der Waals surface area contributed by atoms with Gasteiger partial charge in [-0.15, -0.1) is 5.11 Å². The van der Waals surface area contributed by atoms with Crippen LogP contribution in [0.1, 0.15) is 13.8 Å². The first-order chi connectivity index (χ1) is 4.64. The summed E-state index contributed by atoms with van der Waals surface area (Å²) >= 11 is 2.24. The minimum absolute atomic E-state index is 0.135. The van der Waals surface area contributed by atoms with E-state index in [9.17, 15) is 0 Å². The molecule has 1 atom stereocenters. The molecule has 1 aliphatic heterocycles. The highest BCUT2D eigenvalue weighted by Crippen LogP contribution is 2.25. The predicted molar refractivity (Wildman–Crippen MR) is 48.8 cm³/mol. The molecule has 0 amide bonds. The summed E-state index contributed by atoms with van der Waals surface area (Å²) in [6.07, 6.45) is 3.99. The molecular formula is C6H10IN3. The smallest absolute Gasteiger partial charge is 0.151 e. The molecule has 56 valence electrons. The van der Waals surface area contributed by atoms with Crippen LogP contribution in [0.25, 0.3) is 0 Å². The van der Waals surface area contributed by atoms with Crippen molar-refractivity contribution in [2.24, 2.45) is 10.3 Å². The minimum atomic E-state index is -0.135. The minimum Gasteiger partial charge on any atom is -0.255 e. The lowest BCUT2D eigenvalue weighted by molar-refractivity contribution is 0.364. The Morgan fingerprint density at radius 3 is 2.80 bits per heavy atom. The molecule has 1 aliphatic rings. The Bertz CT molecular complexity index is 158. The molecule has 0 radical (unpaired) electrons. The maximum atomic E-state index is 4.06. The molecule has 0 saturated heterocycles. The molecule has 1 heterocycles. The third-order valence-electron chi connectivity index (χ3n) is 1.23. The Labute approximate surface area is 74.3 Å².